The molecule has 0 heterocycles. The van der Waals surface area contributed by atoms with Crippen molar-refractivity contribution in [1.29, 1.82) is 0 Å². The smallest absolute Gasteiger partial charge is 0.334 e. The molecule has 0 fully saturated rings. The highest BCUT2D eigenvalue weighted by Crippen LogP contribution is 2.12. The first-order chi connectivity index (χ1) is 9.18. The molecule has 7 nitrogen and oxygen atoms in total. The highest BCUT2D eigenvalue weighted by Gasteiger charge is 2.20. The van der Waals surface area contributed by atoms with Crippen molar-refractivity contribution < 1.29 is 24.2 Å². The van der Waals surface area contributed by atoms with Crippen LogP contribution in [0.25, 0.3) is 0 Å². The summed E-state index contributed by atoms with van der Waals surface area (Å²) in [6, 6.07) is 0. The number of hydrogen-bond acceptors (Lipinski definition) is 4. The van der Waals surface area contributed by atoms with Gasteiger partial charge in [0.25, 0.3) is 0 Å². The Morgan fingerprint density at radius 3 is 2.25 bits per heavy atom. The van der Waals surface area contributed by atoms with Crippen LogP contribution >= 0.6 is 0 Å². The summed E-state index contributed by atoms with van der Waals surface area (Å²) in [5, 5.41) is 13.9. The van der Waals surface area contributed by atoms with Crippen molar-refractivity contribution in [3.63, 3.8) is 0 Å². The van der Waals surface area contributed by atoms with Gasteiger partial charge in [-0.15, -0.1) is 0 Å². The zero-order chi connectivity index (χ0) is 15.8. The van der Waals surface area contributed by atoms with Crippen LogP contribution in [0.5, 0.6) is 0 Å². The topological polar surface area (TPSA) is 105 Å². The van der Waals surface area contributed by atoms with Crippen molar-refractivity contribution in [2.75, 3.05) is 20.2 Å². The number of carboxylic acids is 1. The number of rotatable bonds is 8. The minimum absolute atomic E-state index is 0.0665. The second kappa shape index (κ2) is 8.52. The second-order valence-corrected chi connectivity index (χ2v) is 5.48. The number of hydrogen-bond donors (Lipinski definition) is 3. The molecule has 0 aromatic rings. The molecule has 3 N–H and O–H groups in total. The summed E-state index contributed by atoms with van der Waals surface area (Å²) in [6.45, 7) is 5.78. The third-order valence-corrected chi connectivity index (χ3v) is 2.59. The van der Waals surface area contributed by atoms with Gasteiger partial charge >= 0.3 is 5.97 Å². The number of carbonyl (C=O) groups is 3. The van der Waals surface area contributed by atoms with E-state index in [2.05, 4.69) is 15.4 Å². The van der Waals surface area contributed by atoms with E-state index in [-0.39, 0.29) is 24.8 Å². The fourth-order valence-corrected chi connectivity index (χ4v) is 1.28. The first-order valence-corrected chi connectivity index (χ1v) is 6.49. The van der Waals surface area contributed by atoms with Gasteiger partial charge in [-0.1, -0.05) is 20.8 Å². The number of aliphatic carboxylic acids is 1. The average Bonchev–Trinajstić information content (AvgIpc) is 2.33. The molecular formula is C13H24N2O5. The normalized spacial score (nSPS) is 12.6. The molecule has 7 heteroatoms. The highest BCUT2D eigenvalue weighted by molar-refractivity contribution is 5.81. The Kier molecular flexibility index (Phi) is 7.83. The van der Waals surface area contributed by atoms with E-state index in [0.717, 1.165) is 0 Å². The number of ether oxygens (including phenoxy) is 1. The molecule has 1 unspecified atom stereocenters. The molecule has 0 spiro atoms. The van der Waals surface area contributed by atoms with Gasteiger partial charge in [-0.25, -0.2) is 4.79 Å². The van der Waals surface area contributed by atoms with Crippen LogP contribution in [-0.2, 0) is 19.1 Å². The van der Waals surface area contributed by atoms with E-state index >= 15 is 0 Å². The largest absolute Gasteiger partial charge is 0.479 e. The van der Waals surface area contributed by atoms with Gasteiger partial charge in [0.1, 0.15) is 0 Å². The third-order valence-electron chi connectivity index (χ3n) is 2.59. The predicted octanol–water partition coefficient (Wildman–Crippen LogP) is 0.145. The van der Waals surface area contributed by atoms with E-state index in [1.165, 1.54) is 7.11 Å². The van der Waals surface area contributed by atoms with Crippen molar-refractivity contribution in [3.8, 4) is 0 Å². The van der Waals surface area contributed by atoms with Gasteiger partial charge in [0.2, 0.25) is 11.8 Å². The van der Waals surface area contributed by atoms with Crippen LogP contribution in [-0.4, -0.2) is 49.2 Å². The molecular weight excluding hydrogens is 264 g/mol. The number of carbonyl (C=O) groups excluding carboxylic acids is 2. The third kappa shape index (κ3) is 7.73. The van der Waals surface area contributed by atoms with Gasteiger partial charge in [-0.2, -0.15) is 0 Å². The van der Waals surface area contributed by atoms with Crippen LogP contribution < -0.4 is 10.6 Å². The summed E-state index contributed by atoms with van der Waals surface area (Å²) in [5.74, 6) is -1.45. The Hall–Kier alpha value is -1.63. The number of methoxy groups -OCH3 is 1. The molecule has 0 radical (unpaired) electrons. The monoisotopic (exact) mass is 288 g/mol. The van der Waals surface area contributed by atoms with E-state index in [4.69, 9.17) is 5.11 Å². The molecule has 2 amide bonds. The van der Waals surface area contributed by atoms with Crippen LogP contribution in [0, 0.1) is 5.41 Å². The maximum atomic E-state index is 11.5. The van der Waals surface area contributed by atoms with Gasteiger partial charge in [0.05, 0.1) is 6.54 Å². The molecule has 0 aromatic heterocycles. The zero-order valence-electron chi connectivity index (χ0n) is 12.5. The molecule has 0 aliphatic heterocycles. The zero-order valence-corrected chi connectivity index (χ0v) is 12.5. The minimum Gasteiger partial charge on any atom is -0.479 e. The van der Waals surface area contributed by atoms with Gasteiger partial charge in [0.15, 0.2) is 6.10 Å². The number of carboxylic acid groups (broad SMARTS) is 1. The summed E-state index contributed by atoms with van der Waals surface area (Å²) >= 11 is 0. The molecule has 0 rings (SSSR count). The van der Waals surface area contributed by atoms with Gasteiger partial charge < -0.3 is 20.5 Å². The molecule has 0 bridgehead atoms. The maximum Gasteiger partial charge on any atom is 0.334 e. The van der Waals surface area contributed by atoms with Crippen LogP contribution in [0.1, 0.15) is 33.6 Å². The lowest BCUT2D eigenvalue weighted by molar-refractivity contribution is -0.148. The Labute approximate surface area is 119 Å². The maximum absolute atomic E-state index is 11.5. The average molecular weight is 288 g/mol. The van der Waals surface area contributed by atoms with Crippen LogP contribution in [0.3, 0.4) is 0 Å². The highest BCUT2D eigenvalue weighted by atomic mass is 16.5. The van der Waals surface area contributed by atoms with Crippen LogP contribution in [0.4, 0.5) is 0 Å². The van der Waals surface area contributed by atoms with Gasteiger partial charge in [-0.3, -0.25) is 9.59 Å². The molecule has 116 valence electrons. The minimum atomic E-state index is -1.12. The molecule has 0 aliphatic carbocycles. The summed E-state index contributed by atoms with van der Waals surface area (Å²) < 4.78 is 4.69. The van der Waals surface area contributed by atoms with Crippen molar-refractivity contribution in [1.82, 2.24) is 10.6 Å². The predicted molar refractivity (Wildman–Crippen MR) is 73.1 cm³/mol. The molecule has 1 atom stereocenters. The van der Waals surface area contributed by atoms with Crippen molar-refractivity contribution >= 4 is 17.8 Å². The first kappa shape index (κ1) is 18.4. The van der Waals surface area contributed by atoms with Crippen molar-refractivity contribution in [3.05, 3.63) is 0 Å². The molecule has 0 aliphatic rings. The van der Waals surface area contributed by atoms with E-state index in [1.54, 1.807) is 0 Å². The van der Waals surface area contributed by atoms with Gasteiger partial charge in [0, 0.05) is 25.5 Å². The van der Waals surface area contributed by atoms with Gasteiger partial charge in [-0.05, 0) is 6.42 Å². The second-order valence-electron chi connectivity index (χ2n) is 5.48. The van der Waals surface area contributed by atoms with Crippen molar-refractivity contribution in [2.24, 2.45) is 5.41 Å². The van der Waals surface area contributed by atoms with E-state index in [9.17, 15) is 14.4 Å². The molecule has 0 saturated carbocycles. The number of amides is 2. The summed E-state index contributed by atoms with van der Waals surface area (Å²) in [4.78, 5) is 33.6. The Bertz CT molecular complexity index is 349. The standard InChI is InChI=1S/C13H24N2O5/c1-13(2,3)12(19)14-7-5-6-10(16)15-8-9(20-4)11(17)18/h9H,5-8H2,1-4H3,(H,14,19)(H,15,16)(H,17,18). The molecule has 20 heavy (non-hydrogen) atoms. The lowest BCUT2D eigenvalue weighted by atomic mass is 9.96. The first-order valence-electron chi connectivity index (χ1n) is 6.49. The quantitative estimate of drug-likeness (QED) is 0.551. The van der Waals surface area contributed by atoms with E-state index in [0.29, 0.717) is 13.0 Å². The van der Waals surface area contributed by atoms with Crippen LogP contribution in [0.2, 0.25) is 0 Å². The SMILES string of the molecule is COC(CNC(=O)CCCNC(=O)C(C)(C)C)C(=O)O. The van der Waals surface area contributed by atoms with E-state index in [1.807, 2.05) is 20.8 Å². The lowest BCUT2D eigenvalue weighted by Crippen LogP contribution is -2.38. The fourth-order valence-electron chi connectivity index (χ4n) is 1.28. The number of nitrogens with one attached hydrogen (secondary N) is 2. The molecule has 0 saturated heterocycles. The summed E-state index contributed by atoms with van der Waals surface area (Å²) in [7, 11) is 1.27. The molecule has 0 aromatic carbocycles. The Morgan fingerprint density at radius 1 is 1.20 bits per heavy atom. The van der Waals surface area contributed by atoms with Crippen LogP contribution in [0.15, 0.2) is 0 Å². The summed E-state index contributed by atoms with van der Waals surface area (Å²) in [6.07, 6.45) is -0.321. The van der Waals surface area contributed by atoms with E-state index < -0.39 is 17.5 Å². The lowest BCUT2D eigenvalue weighted by Gasteiger charge is -2.17. The summed E-state index contributed by atoms with van der Waals surface area (Å²) in [5.41, 5.74) is -0.449. The Morgan fingerprint density at radius 2 is 1.80 bits per heavy atom. The van der Waals surface area contributed by atoms with Crippen molar-refractivity contribution in [2.45, 2.75) is 39.7 Å². The Balaban J connectivity index is 3.80. The fraction of sp³-hybridized carbons (Fsp3) is 0.769.